The lowest BCUT2D eigenvalue weighted by Gasteiger charge is -2.30. The van der Waals surface area contributed by atoms with Crippen LogP contribution in [0.4, 0.5) is 0 Å². The van der Waals surface area contributed by atoms with E-state index in [4.69, 9.17) is 21.1 Å². The van der Waals surface area contributed by atoms with E-state index < -0.39 is 5.41 Å². The third-order valence-electron chi connectivity index (χ3n) is 5.38. The van der Waals surface area contributed by atoms with Crippen molar-refractivity contribution in [2.75, 3.05) is 6.79 Å². The van der Waals surface area contributed by atoms with Gasteiger partial charge in [0.1, 0.15) is 5.75 Å². The summed E-state index contributed by atoms with van der Waals surface area (Å²) in [5.41, 5.74) is 1.17. The molecule has 1 saturated carbocycles. The SMILES string of the molecule is O=C1CC2(CCCCC2)C(=O)N1Cc1cc(Cl)cc2c1OCOC2. The molecule has 1 aliphatic carbocycles. The Balaban J connectivity index is 1.63. The summed E-state index contributed by atoms with van der Waals surface area (Å²) in [6.07, 6.45) is 5.20. The molecule has 24 heavy (non-hydrogen) atoms. The Kier molecular flexibility index (Phi) is 4.01. The maximum atomic E-state index is 13.0. The molecule has 128 valence electrons. The first-order chi connectivity index (χ1) is 11.6. The van der Waals surface area contributed by atoms with Gasteiger partial charge in [0.15, 0.2) is 6.79 Å². The van der Waals surface area contributed by atoms with Crippen LogP contribution >= 0.6 is 11.6 Å². The summed E-state index contributed by atoms with van der Waals surface area (Å²) < 4.78 is 10.9. The van der Waals surface area contributed by atoms with E-state index in [2.05, 4.69) is 0 Å². The standard InChI is InChI=1S/C18H20ClNO4/c19-14-6-12(16-13(7-14)10-23-11-24-16)9-20-15(21)8-18(17(20)22)4-2-1-3-5-18/h6-7H,1-5,8-11H2. The highest BCUT2D eigenvalue weighted by Gasteiger charge is 2.51. The normalized spacial score (nSPS) is 22.6. The van der Waals surface area contributed by atoms with Crippen LogP contribution in [0, 0.1) is 5.41 Å². The monoisotopic (exact) mass is 349 g/mol. The van der Waals surface area contributed by atoms with Gasteiger partial charge in [-0.2, -0.15) is 0 Å². The van der Waals surface area contributed by atoms with Crippen LogP contribution in [-0.4, -0.2) is 23.5 Å². The lowest BCUT2D eigenvalue weighted by molar-refractivity contribution is -0.142. The second-order valence-electron chi connectivity index (χ2n) is 6.97. The fourth-order valence-electron chi connectivity index (χ4n) is 4.18. The number of rotatable bonds is 2. The number of benzene rings is 1. The molecule has 1 aromatic carbocycles. The number of likely N-dealkylation sites (tertiary alicyclic amines) is 1. The van der Waals surface area contributed by atoms with Crippen LogP contribution in [0.1, 0.15) is 49.7 Å². The lowest BCUT2D eigenvalue weighted by Crippen LogP contribution is -2.36. The molecule has 3 aliphatic rings. The zero-order chi connectivity index (χ0) is 16.7. The van der Waals surface area contributed by atoms with Crippen LogP contribution in [0.3, 0.4) is 0 Å². The minimum absolute atomic E-state index is 0.0204. The summed E-state index contributed by atoms with van der Waals surface area (Å²) in [7, 11) is 0. The van der Waals surface area contributed by atoms with Gasteiger partial charge in [0.25, 0.3) is 0 Å². The molecular formula is C18H20ClNO4. The Hall–Kier alpha value is -1.59. The number of hydrogen-bond donors (Lipinski definition) is 0. The first-order valence-corrected chi connectivity index (χ1v) is 8.83. The molecule has 0 N–H and O–H groups in total. The summed E-state index contributed by atoms with van der Waals surface area (Å²) >= 11 is 6.18. The van der Waals surface area contributed by atoms with Gasteiger partial charge in [-0.05, 0) is 25.0 Å². The van der Waals surface area contributed by atoms with Crippen molar-refractivity contribution in [1.82, 2.24) is 4.90 Å². The van der Waals surface area contributed by atoms with E-state index in [1.165, 1.54) is 4.90 Å². The van der Waals surface area contributed by atoms with Crippen molar-refractivity contribution in [1.29, 1.82) is 0 Å². The van der Waals surface area contributed by atoms with Gasteiger partial charge in [0.05, 0.1) is 18.6 Å². The van der Waals surface area contributed by atoms with E-state index in [1.54, 1.807) is 12.1 Å². The molecule has 0 radical (unpaired) electrons. The number of carbonyl (C=O) groups excluding carboxylic acids is 2. The van der Waals surface area contributed by atoms with E-state index in [1.807, 2.05) is 0 Å². The second kappa shape index (κ2) is 6.05. The molecule has 5 nitrogen and oxygen atoms in total. The maximum Gasteiger partial charge on any atom is 0.236 e. The van der Waals surface area contributed by atoms with Gasteiger partial charge in [-0.1, -0.05) is 30.9 Å². The van der Waals surface area contributed by atoms with Crippen molar-refractivity contribution in [2.45, 2.75) is 51.7 Å². The molecule has 2 aliphatic heterocycles. The molecule has 4 rings (SSSR count). The smallest absolute Gasteiger partial charge is 0.236 e. The predicted molar refractivity (Wildman–Crippen MR) is 87.4 cm³/mol. The molecule has 6 heteroatoms. The molecule has 2 amide bonds. The number of halogens is 1. The lowest BCUT2D eigenvalue weighted by atomic mass is 9.73. The Morgan fingerprint density at radius 2 is 1.96 bits per heavy atom. The number of fused-ring (bicyclic) bond motifs is 1. The first kappa shape index (κ1) is 15.9. The number of imide groups is 1. The van der Waals surface area contributed by atoms with Crippen LogP contribution in [0.25, 0.3) is 0 Å². The quantitative estimate of drug-likeness (QED) is 0.768. The minimum Gasteiger partial charge on any atom is -0.467 e. The molecule has 1 spiro atoms. The van der Waals surface area contributed by atoms with Crippen molar-refractivity contribution >= 4 is 23.4 Å². The highest BCUT2D eigenvalue weighted by Crippen LogP contribution is 2.46. The molecule has 0 unspecified atom stereocenters. The average molecular weight is 350 g/mol. The van der Waals surface area contributed by atoms with Crippen LogP contribution in [0.15, 0.2) is 12.1 Å². The van der Waals surface area contributed by atoms with Gasteiger partial charge < -0.3 is 9.47 Å². The van der Waals surface area contributed by atoms with Gasteiger partial charge in [-0.15, -0.1) is 0 Å². The summed E-state index contributed by atoms with van der Waals surface area (Å²) in [6.45, 7) is 0.824. The van der Waals surface area contributed by atoms with Gasteiger partial charge in [-0.25, -0.2) is 0 Å². The zero-order valence-electron chi connectivity index (χ0n) is 13.5. The highest BCUT2D eigenvalue weighted by molar-refractivity contribution is 6.30. The third kappa shape index (κ3) is 2.60. The Morgan fingerprint density at radius 3 is 2.75 bits per heavy atom. The summed E-state index contributed by atoms with van der Waals surface area (Å²) in [4.78, 5) is 26.9. The van der Waals surface area contributed by atoms with Crippen LogP contribution in [0.2, 0.25) is 5.02 Å². The molecule has 0 bridgehead atoms. The number of nitrogens with zero attached hydrogens (tertiary/aromatic N) is 1. The summed E-state index contributed by atoms with van der Waals surface area (Å²) in [6, 6.07) is 3.58. The first-order valence-electron chi connectivity index (χ1n) is 8.46. The summed E-state index contributed by atoms with van der Waals surface area (Å²) in [5, 5.41) is 0.560. The molecule has 2 fully saturated rings. The zero-order valence-corrected chi connectivity index (χ0v) is 14.2. The predicted octanol–water partition coefficient (Wildman–Crippen LogP) is 3.42. The molecule has 0 aromatic heterocycles. The number of carbonyl (C=O) groups is 2. The van der Waals surface area contributed by atoms with Crippen molar-refractivity contribution in [3.05, 3.63) is 28.3 Å². The van der Waals surface area contributed by atoms with Crippen LogP contribution in [-0.2, 0) is 27.5 Å². The average Bonchev–Trinajstić information content (AvgIpc) is 2.79. The van der Waals surface area contributed by atoms with Gasteiger partial charge in [-0.3, -0.25) is 14.5 Å². The second-order valence-corrected chi connectivity index (χ2v) is 7.40. The maximum absolute atomic E-state index is 13.0. The topological polar surface area (TPSA) is 55.8 Å². The Morgan fingerprint density at radius 1 is 1.17 bits per heavy atom. The van der Waals surface area contributed by atoms with E-state index in [9.17, 15) is 9.59 Å². The highest BCUT2D eigenvalue weighted by atomic mass is 35.5. The van der Waals surface area contributed by atoms with E-state index >= 15 is 0 Å². The summed E-state index contributed by atoms with van der Waals surface area (Å²) in [5.74, 6) is 0.589. The van der Waals surface area contributed by atoms with Gasteiger partial charge >= 0.3 is 0 Å². The van der Waals surface area contributed by atoms with Gasteiger partial charge in [0.2, 0.25) is 11.8 Å². The van der Waals surface area contributed by atoms with Crippen molar-refractivity contribution in [2.24, 2.45) is 5.41 Å². The van der Waals surface area contributed by atoms with E-state index in [0.29, 0.717) is 23.8 Å². The molecule has 1 saturated heterocycles. The molecule has 2 heterocycles. The fraction of sp³-hybridized carbons (Fsp3) is 0.556. The van der Waals surface area contributed by atoms with Crippen LogP contribution < -0.4 is 4.74 Å². The Bertz CT molecular complexity index is 697. The third-order valence-corrected chi connectivity index (χ3v) is 5.60. The Labute approximate surface area is 145 Å². The largest absolute Gasteiger partial charge is 0.467 e. The fourth-order valence-corrected chi connectivity index (χ4v) is 4.45. The van der Waals surface area contributed by atoms with Crippen molar-refractivity contribution < 1.29 is 19.1 Å². The number of ether oxygens (including phenoxy) is 2. The van der Waals surface area contributed by atoms with E-state index in [0.717, 1.165) is 43.2 Å². The molecular weight excluding hydrogens is 330 g/mol. The molecule has 0 atom stereocenters. The van der Waals surface area contributed by atoms with Crippen molar-refractivity contribution in [3.8, 4) is 5.75 Å². The number of amides is 2. The van der Waals surface area contributed by atoms with E-state index in [-0.39, 0.29) is 25.2 Å². The number of hydrogen-bond acceptors (Lipinski definition) is 4. The van der Waals surface area contributed by atoms with Crippen LogP contribution in [0.5, 0.6) is 5.75 Å². The van der Waals surface area contributed by atoms with Crippen molar-refractivity contribution in [3.63, 3.8) is 0 Å². The van der Waals surface area contributed by atoms with Gasteiger partial charge in [0, 0.05) is 22.6 Å². The molecule has 1 aromatic rings. The minimum atomic E-state index is -0.460.